The van der Waals surface area contributed by atoms with Gasteiger partial charge in [-0.2, -0.15) is 0 Å². The molecule has 0 bridgehead atoms. The Morgan fingerprint density at radius 2 is 1.80 bits per heavy atom. The summed E-state index contributed by atoms with van der Waals surface area (Å²) in [6, 6.07) is 16.2. The van der Waals surface area contributed by atoms with Crippen LogP contribution in [0.3, 0.4) is 0 Å². The average molecular weight is 498 g/mol. The molecule has 3 amide bonds. The highest BCUT2D eigenvalue weighted by atomic mass is 32.2. The molecule has 0 aliphatic heterocycles. The molecule has 0 spiro atoms. The monoisotopic (exact) mass is 497 g/mol. The highest BCUT2D eigenvalue weighted by Crippen LogP contribution is 2.24. The van der Waals surface area contributed by atoms with E-state index in [-0.39, 0.29) is 23.5 Å². The van der Waals surface area contributed by atoms with Crippen LogP contribution in [0.2, 0.25) is 0 Å². The second-order valence-electron chi connectivity index (χ2n) is 7.07. The van der Waals surface area contributed by atoms with Crippen LogP contribution in [-0.4, -0.2) is 39.5 Å². The smallest absolute Gasteiger partial charge is 0.338 e. The molecule has 3 aromatic rings. The van der Waals surface area contributed by atoms with Crippen LogP contribution in [0.5, 0.6) is 0 Å². The zero-order valence-electron chi connectivity index (χ0n) is 18.5. The minimum Gasteiger partial charge on any atom is -0.467 e. The number of hydrogen-bond acceptors (Lipinski definition) is 7. The van der Waals surface area contributed by atoms with Gasteiger partial charge >= 0.3 is 12.0 Å². The Balaban J connectivity index is 1.62. The molecule has 3 rings (SSSR count). The molecule has 0 radical (unpaired) electrons. The van der Waals surface area contributed by atoms with Gasteiger partial charge in [-0.1, -0.05) is 30.3 Å². The number of imide groups is 1. The third kappa shape index (κ3) is 6.81. The summed E-state index contributed by atoms with van der Waals surface area (Å²) in [5.74, 6) is -1.30. The lowest BCUT2D eigenvalue weighted by Crippen LogP contribution is -2.41. The number of nitrogens with zero attached hydrogens (tertiary/aromatic N) is 1. The molecule has 0 unspecified atom stereocenters. The number of esters is 1. The summed E-state index contributed by atoms with van der Waals surface area (Å²) in [6.45, 7) is 2.96. The van der Waals surface area contributed by atoms with E-state index in [1.165, 1.54) is 30.5 Å². The molecule has 35 heavy (non-hydrogen) atoms. The fourth-order valence-electron chi connectivity index (χ4n) is 2.97. The Hall–Kier alpha value is -4.38. The van der Waals surface area contributed by atoms with Crippen molar-refractivity contribution in [3.8, 4) is 0 Å². The number of amides is 3. The fraction of sp³-hybridized carbons (Fsp3) is 0.125. The van der Waals surface area contributed by atoms with Crippen molar-refractivity contribution < 1.29 is 32.0 Å². The minimum absolute atomic E-state index is 0.0170. The number of urea groups is 1. The molecule has 10 nitrogen and oxygen atoms in total. The van der Waals surface area contributed by atoms with E-state index >= 15 is 0 Å². The summed E-state index contributed by atoms with van der Waals surface area (Å²) >= 11 is 0. The van der Waals surface area contributed by atoms with E-state index < -0.39 is 34.5 Å². The molecule has 1 aromatic heterocycles. The Kier molecular flexibility index (Phi) is 8.41. The number of nitrogens with one attached hydrogen (secondary N) is 2. The highest BCUT2D eigenvalue weighted by molar-refractivity contribution is 7.92. The van der Waals surface area contributed by atoms with Crippen LogP contribution in [0.25, 0.3) is 0 Å². The molecule has 2 N–H and O–H groups in total. The first kappa shape index (κ1) is 25.2. The number of furan rings is 1. The predicted molar refractivity (Wildman–Crippen MR) is 127 cm³/mol. The molecule has 0 aliphatic carbocycles. The summed E-state index contributed by atoms with van der Waals surface area (Å²) in [6.07, 6.45) is 2.89. The van der Waals surface area contributed by atoms with Gasteiger partial charge in [0.15, 0.2) is 6.61 Å². The zero-order chi connectivity index (χ0) is 25.3. The van der Waals surface area contributed by atoms with Crippen molar-refractivity contribution in [2.24, 2.45) is 0 Å². The van der Waals surface area contributed by atoms with Gasteiger partial charge in [0.05, 0.1) is 35.5 Å². The van der Waals surface area contributed by atoms with E-state index in [4.69, 9.17) is 9.15 Å². The topological polar surface area (TPSA) is 135 Å². The third-order valence-corrected chi connectivity index (χ3v) is 6.38. The number of sulfonamides is 1. The molecule has 0 saturated carbocycles. The van der Waals surface area contributed by atoms with Crippen LogP contribution < -0.4 is 14.9 Å². The molecule has 2 aromatic carbocycles. The van der Waals surface area contributed by atoms with Gasteiger partial charge in [-0.25, -0.2) is 18.0 Å². The number of benzene rings is 2. The van der Waals surface area contributed by atoms with E-state index in [2.05, 4.69) is 11.9 Å². The first-order chi connectivity index (χ1) is 16.8. The van der Waals surface area contributed by atoms with Gasteiger partial charge in [0, 0.05) is 0 Å². The molecule has 0 aliphatic rings. The van der Waals surface area contributed by atoms with Gasteiger partial charge < -0.3 is 14.5 Å². The van der Waals surface area contributed by atoms with Gasteiger partial charge in [0.1, 0.15) is 5.76 Å². The van der Waals surface area contributed by atoms with Crippen LogP contribution >= 0.6 is 0 Å². The minimum atomic E-state index is -4.03. The summed E-state index contributed by atoms with van der Waals surface area (Å²) in [5.41, 5.74) is 0.357. The first-order valence-electron chi connectivity index (χ1n) is 10.4. The van der Waals surface area contributed by atoms with Crippen molar-refractivity contribution >= 4 is 33.6 Å². The van der Waals surface area contributed by atoms with Gasteiger partial charge in [-0.05, 0) is 42.5 Å². The van der Waals surface area contributed by atoms with Crippen LogP contribution in [0.1, 0.15) is 16.1 Å². The third-order valence-electron chi connectivity index (χ3n) is 4.59. The number of para-hydroxylation sites is 1. The molecule has 0 fully saturated rings. The average Bonchev–Trinajstić information content (AvgIpc) is 3.39. The van der Waals surface area contributed by atoms with E-state index in [1.807, 2.05) is 5.32 Å². The maximum atomic E-state index is 13.2. The summed E-state index contributed by atoms with van der Waals surface area (Å²) in [5, 5.41) is 4.42. The maximum absolute atomic E-state index is 13.2. The van der Waals surface area contributed by atoms with Gasteiger partial charge in [0.25, 0.3) is 15.9 Å². The number of carbonyl (C=O) groups excluding carboxylic acids is 3. The highest BCUT2D eigenvalue weighted by Gasteiger charge is 2.25. The van der Waals surface area contributed by atoms with Crippen molar-refractivity contribution in [3.63, 3.8) is 0 Å². The van der Waals surface area contributed by atoms with Crippen molar-refractivity contribution in [2.45, 2.75) is 11.4 Å². The molecule has 0 saturated heterocycles. The quantitative estimate of drug-likeness (QED) is 0.325. The number of ether oxygens (including phenoxy) is 1. The number of rotatable bonds is 10. The van der Waals surface area contributed by atoms with Gasteiger partial charge in [0.2, 0.25) is 0 Å². The zero-order valence-corrected chi connectivity index (χ0v) is 19.4. The molecule has 1 heterocycles. The lowest BCUT2D eigenvalue weighted by atomic mass is 10.2. The second-order valence-corrected chi connectivity index (χ2v) is 8.94. The lowest BCUT2D eigenvalue weighted by molar-refractivity contribution is -0.123. The fourth-order valence-corrected chi connectivity index (χ4v) is 4.45. The molecular weight excluding hydrogens is 474 g/mol. The Labute approximate surface area is 202 Å². The summed E-state index contributed by atoms with van der Waals surface area (Å²) in [4.78, 5) is 35.9. The largest absolute Gasteiger partial charge is 0.467 e. The standard InChI is InChI=1S/C24H23N3O7S/c1-2-13-27(19-9-4-3-5-10-19)35(31,32)21-12-6-8-18(15-21)23(29)34-17-22(28)26-24(30)25-16-20-11-7-14-33-20/h2-12,14-15H,1,13,16-17H2,(H2,25,26,28,30). The van der Waals surface area contributed by atoms with Crippen LogP contribution in [0.15, 0.2) is 95.0 Å². The van der Waals surface area contributed by atoms with Crippen LogP contribution in [0.4, 0.5) is 10.5 Å². The molecular formula is C24H23N3O7S. The molecule has 182 valence electrons. The molecule has 0 atom stereocenters. The van der Waals surface area contributed by atoms with E-state index in [0.717, 1.165) is 10.4 Å². The number of anilines is 1. The first-order valence-corrected chi connectivity index (χ1v) is 11.8. The molecule has 11 heteroatoms. The SMILES string of the molecule is C=CCN(c1ccccc1)S(=O)(=O)c1cccc(C(=O)OCC(=O)NC(=O)NCc2ccco2)c1. The van der Waals surface area contributed by atoms with Crippen LogP contribution in [-0.2, 0) is 26.1 Å². The number of hydrogen-bond donors (Lipinski definition) is 2. The van der Waals surface area contributed by atoms with Gasteiger partial charge in [-0.3, -0.25) is 14.4 Å². The van der Waals surface area contributed by atoms with E-state index in [0.29, 0.717) is 11.4 Å². The Morgan fingerprint density at radius 3 is 2.49 bits per heavy atom. The number of carbonyl (C=O) groups is 3. The normalized spacial score (nSPS) is 10.7. The Bertz CT molecular complexity index is 1290. The van der Waals surface area contributed by atoms with E-state index in [1.54, 1.807) is 42.5 Å². The van der Waals surface area contributed by atoms with Crippen molar-refractivity contribution in [2.75, 3.05) is 17.5 Å². The van der Waals surface area contributed by atoms with E-state index in [9.17, 15) is 22.8 Å². The van der Waals surface area contributed by atoms with Crippen molar-refractivity contribution in [1.29, 1.82) is 0 Å². The summed E-state index contributed by atoms with van der Waals surface area (Å²) < 4.78 is 37.6. The second kappa shape index (κ2) is 11.7. The predicted octanol–water partition coefficient (Wildman–Crippen LogP) is 2.84. The maximum Gasteiger partial charge on any atom is 0.338 e. The van der Waals surface area contributed by atoms with Crippen LogP contribution in [0, 0.1) is 0 Å². The van der Waals surface area contributed by atoms with Crippen molar-refractivity contribution in [3.05, 3.63) is 97.0 Å². The van der Waals surface area contributed by atoms with Gasteiger partial charge in [-0.15, -0.1) is 6.58 Å². The Morgan fingerprint density at radius 1 is 1.03 bits per heavy atom. The summed E-state index contributed by atoms with van der Waals surface area (Å²) in [7, 11) is -4.03. The lowest BCUT2D eigenvalue weighted by Gasteiger charge is -2.23. The van der Waals surface area contributed by atoms with Crippen molar-refractivity contribution in [1.82, 2.24) is 10.6 Å².